The molecule has 1 fully saturated rings. The summed E-state index contributed by atoms with van der Waals surface area (Å²) in [5, 5.41) is 21.5. The van der Waals surface area contributed by atoms with Crippen LogP contribution in [0.1, 0.15) is 45.5 Å². The normalized spacial score (nSPS) is 26.3. The first kappa shape index (κ1) is 26.7. The third-order valence-corrected chi connectivity index (χ3v) is 8.94. The van der Waals surface area contributed by atoms with E-state index in [4.69, 9.17) is 28.4 Å². The van der Waals surface area contributed by atoms with Gasteiger partial charge in [-0.15, -0.1) is 0 Å². The van der Waals surface area contributed by atoms with E-state index < -0.39 is 12.1 Å². The predicted molar refractivity (Wildman–Crippen MR) is 145 cm³/mol. The lowest BCUT2D eigenvalue weighted by molar-refractivity contribution is -0.0831. The van der Waals surface area contributed by atoms with Gasteiger partial charge in [0.25, 0.3) is 0 Å². The lowest BCUT2D eigenvalue weighted by Crippen LogP contribution is -2.68. The highest BCUT2D eigenvalue weighted by Crippen LogP contribution is 2.58. The molecule has 0 amide bonds. The molecule has 4 aliphatic heterocycles. The van der Waals surface area contributed by atoms with Crippen LogP contribution in [0.4, 0.5) is 0 Å². The van der Waals surface area contributed by atoms with E-state index in [1.807, 2.05) is 13.8 Å². The largest absolute Gasteiger partial charge is 0.493 e. The van der Waals surface area contributed by atoms with Gasteiger partial charge in [0.15, 0.2) is 29.8 Å². The lowest BCUT2D eigenvalue weighted by atomic mass is 9.71. The molecule has 4 aliphatic rings. The van der Waals surface area contributed by atoms with Crippen LogP contribution < -0.4 is 23.7 Å². The second-order valence-corrected chi connectivity index (χ2v) is 10.7. The van der Waals surface area contributed by atoms with Gasteiger partial charge in [0, 0.05) is 41.4 Å². The Kier molecular flexibility index (Phi) is 6.79. The molecular weight excluding hydrogens is 514 g/mol. The van der Waals surface area contributed by atoms with Crippen molar-refractivity contribution in [3.63, 3.8) is 0 Å². The number of rotatable bonds is 7. The van der Waals surface area contributed by atoms with Crippen molar-refractivity contribution in [2.45, 2.75) is 56.9 Å². The standard InChI is InChI=1S/C30H35N3O7/c1-7-37-27-16(3)28-30(40-14-39-28)24-18(27)10-20-25-23-17(8-15(2)26(36-6)29(23)38-13-35-5)9-19(32(25)4)21(11-31)33(20)22(24)12-34/h7-8,19-22,25,34H,1,9-10,12-14H2,2-6H3/t19-,20+,21+,22+,25-/m1/s1. The Bertz CT molecular complexity index is 1400. The Hall–Kier alpha value is -3.49. The fraction of sp³-hybridized carbons (Fsp3) is 0.500. The van der Waals surface area contributed by atoms with Crippen LogP contribution in [-0.2, 0) is 17.6 Å². The number of methoxy groups -OCH3 is 2. The highest BCUT2D eigenvalue weighted by atomic mass is 16.7. The summed E-state index contributed by atoms with van der Waals surface area (Å²) in [6.45, 7) is 7.70. The van der Waals surface area contributed by atoms with Crippen molar-refractivity contribution < 1.29 is 33.5 Å². The van der Waals surface area contributed by atoms with Crippen molar-refractivity contribution >= 4 is 0 Å². The van der Waals surface area contributed by atoms with Crippen molar-refractivity contribution in [1.29, 1.82) is 5.26 Å². The molecule has 0 aromatic heterocycles. The van der Waals surface area contributed by atoms with Crippen LogP contribution in [0, 0.1) is 25.2 Å². The van der Waals surface area contributed by atoms with Crippen molar-refractivity contribution in [2.24, 2.45) is 0 Å². The molecule has 0 radical (unpaired) electrons. The maximum absolute atomic E-state index is 10.9. The summed E-state index contributed by atoms with van der Waals surface area (Å²) < 4.78 is 35.2. The zero-order chi connectivity index (χ0) is 28.3. The number of aryl methyl sites for hydroxylation is 1. The molecule has 40 heavy (non-hydrogen) atoms. The predicted octanol–water partition coefficient (Wildman–Crippen LogP) is 3.31. The van der Waals surface area contributed by atoms with E-state index in [-0.39, 0.29) is 38.3 Å². The number of benzene rings is 2. The average molecular weight is 550 g/mol. The number of nitrogens with zero attached hydrogens (tertiary/aromatic N) is 3. The molecular formula is C30H35N3O7. The quantitative estimate of drug-likeness (QED) is 0.408. The summed E-state index contributed by atoms with van der Waals surface area (Å²) in [6.07, 6.45) is 2.61. The van der Waals surface area contributed by atoms with Gasteiger partial charge in [-0.3, -0.25) is 9.80 Å². The average Bonchev–Trinajstić information content (AvgIpc) is 3.44. The summed E-state index contributed by atoms with van der Waals surface area (Å²) in [5.41, 5.74) is 5.68. The molecule has 0 unspecified atom stereocenters. The minimum atomic E-state index is -0.502. The molecule has 10 nitrogen and oxygen atoms in total. The number of ether oxygens (including phenoxy) is 6. The number of nitriles is 1. The first-order valence-electron chi connectivity index (χ1n) is 13.5. The fourth-order valence-corrected chi connectivity index (χ4v) is 7.49. The van der Waals surface area contributed by atoms with E-state index >= 15 is 0 Å². The van der Waals surface area contributed by atoms with E-state index in [1.165, 1.54) is 6.26 Å². The Morgan fingerprint density at radius 2 is 1.90 bits per heavy atom. The van der Waals surface area contributed by atoms with Crippen molar-refractivity contribution in [2.75, 3.05) is 41.5 Å². The Morgan fingerprint density at radius 1 is 1.12 bits per heavy atom. The maximum Gasteiger partial charge on any atom is 0.231 e. The Balaban J connectivity index is 1.61. The van der Waals surface area contributed by atoms with Gasteiger partial charge in [-0.2, -0.15) is 5.26 Å². The summed E-state index contributed by atoms with van der Waals surface area (Å²) in [4.78, 5) is 4.47. The van der Waals surface area contributed by atoms with Gasteiger partial charge >= 0.3 is 0 Å². The second-order valence-electron chi connectivity index (χ2n) is 10.7. The second kappa shape index (κ2) is 10.2. The summed E-state index contributed by atoms with van der Waals surface area (Å²) in [5.74, 6) is 3.20. The molecule has 2 aromatic carbocycles. The topological polar surface area (TPSA) is 106 Å². The molecule has 5 atom stereocenters. The molecule has 10 heteroatoms. The van der Waals surface area contributed by atoms with Gasteiger partial charge in [0.2, 0.25) is 6.79 Å². The first-order valence-corrected chi connectivity index (χ1v) is 13.5. The van der Waals surface area contributed by atoms with Crippen LogP contribution in [-0.4, -0.2) is 74.5 Å². The van der Waals surface area contributed by atoms with Crippen LogP contribution in [0.15, 0.2) is 18.9 Å². The van der Waals surface area contributed by atoms with Gasteiger partial charge in [-0.1, -0.05) is 12.6 Å². The Morgan fingerprint density at radius 3 is 2.58 bits per heavy atom. The van der Waals surface area contributed by atoms with E-state index in [0.717, 1.165) is 33.4 Å². The minimum absolute atomic E-state index is 0.0728. The highest BCUT2D eigenvalue weighted by Gasteiger charge is 2.56. The van der Waals surface area contributed by atoms with E-state index in [0.29, 0.717) is 41.6 Å². The SMILES string of the molecule is C=COc1c(C)c2c(c3c1C[C@H]1[C@@H]4c5c(cc(C)c(OC)c5OCOC)C[C@H]([C@H](C#N)N1[C@H]3CO)N4C)OCO2. The molecule has 1 saturated heterocycles. The van der Waals surface area contributed by atoms with Crippen LogP contribution in [0.2, 0.25) is 0 Å². The molecule has 4 heterocycles. The molecule has 6 rings (SSSR count). The molecule has 0 aliphatic carbocycles. The number of aliphatic hydroxyl groups is 1. The van der Waals surface area contributed by atoms with Crippen LogP contribution in [0.3, 0.4) is 0 Å². The number of likely N-dealkylation sites (N-methyl/N-ethyl adjacent to an activating group) is 1. The monoisotopic (exact) mass is 549 g/mol. The summed E-state index contributed by atoms with van der Waals surface area (Å²) in [7, 11) is 5.31. The minimum Gasteiger partial charge on any atom is -0.493 e. The summed E-state index contributed by atoms with van der Waals surface area (Å²) >= 11 is 0. The van der Waals surface area contributed by atoms with Crippen molar-refractivity contribution in [3.05, 3.63) is 52.3 Å². The smallest absolute Gasteiger partial charge is 0.231 e. The highest BCUT2D eigenvalue weighted by molar-refractivity contribution is 5.66. The molecule has 1 N–H and O–H groups in total. The number of piperazine rings is 1. The summed E-state index contributed by atoms with van der Waals surface area (Å²) in [6, 6.07) is 3.32. The van der Waals surface area contributed by atoms with E-state index in [2.05, 4.69) is 35.6 Å². The van der Waals surface area contributed by atoms with Gasteiger partial charge in [0.05, 0.1) is 38.1 Å². The Labute approximate surface area is 234 Å². The van der Waals surface area contributed by atoms with Gasteiger partial charge < -0.3 is 33.5 Å². The molecule has 2 bridgehead atoms. The molecule has 0 saturated carbocycles. The fourth-order valence-electron chi connectivity index (χ4n) is 7.49. The van der Waals surface area contributed by atoms with Crippen molar-refractivity contribution in [1.82, 2.24) is 9.80 Å². The number of fused-ring (bicyclic) bond motifs is 9. The van der Waals surface area contributed by atoms with Crippen molar-refractivity contribution in [3.8, 4) is 34.8 Å². The maximum atomic E-state index is 10.9. The zero-order valence-corrected chi connectivity index (χ0v) is 23.5. The van der Waals surface area contributed by atoms with Gasteiger partial charge in [0.1, 0.15) is 11.8 Å². The third-order valence-electron chi connectivity index (χ3n) is 8.94. The van der Waals surface area contributed by atoms with E-state index in [1.54, 1.807) is 14.2 Å². The van der Waals surface area contributed by atoms with Crippen LogP contribution in [0.5, 0.6) is 28.7 Å². The first-order chi connectivity index (χ1) is 19.4. The number of hydrogen-bond donors (Lipinski definition) is 1. The number of aliphatic hydroxyl groups excluding tert-OH is 1. The lowest BCUT2D eigenvalue weighted by Gasteiger charge is -2.59. The zero-order valence-electron chi connectivity index (χ0n) is 23.5. The molecule has 0 spiro atoms. The van der Waals surface area contributed by atoms with Gasteiger partial charge in [-0.05, 0) is 44.9 Å². The van der Waals surface area contributed by atoms with Crippen LogP contribution >= 0.6 is 0 Å². The van der Waals surface area contributed by atoms with Gasteiger partial charge in [-0.25, -0.2) is 0 Å². The third kappa shape index (κ3) is 3.62. The van der Waals surface area contributed by atoms with E-state index in [9.17, 15) is 10.4 Å². The molecule has 212 valence electrons. The van der Waals surface area contributed by atoms with Crippen LogP contribution in [0.25, 0.3) is 0 Å². The molecule has 2 aromatic rings. The number of hydrogen-bond acceptors (Lipinski definition) is 10.